The van der Waals surface area contributed by atoms with Crippen molar-refractivity contribution in [1.29, 1.82) is 5.26 Å². The van der Waals surface area contributed by atoms with Crippen molar-refractivity contribution in [2.75, 3.05) is 19.4 Å². The Labute approximate surface area is 83.5 Å². The summed E-state index contributed by atoms with van der Waals surface area (Å²) in [6, 6.07) is 1.72. The Hall–Kier alpha value is -0.690. The summed E-state index contributed by atoms with van der Waals surface area (Å²) in [6.07, 6.45) is 0.277. The van der Waals surface area contributed by atoms with Crippen LogP contribution < -0.4 is 0 Å². The summed E-state index contributed by atoms with van der Waals surface area (Å²) >= 11 is 0. The maximum atomic E-state index is 11.8. The Morgan fingerprint density at radius 1 is 1.43 bits per heavy atom. The van der Waals surface area contributed by atoms with E-state index in [1.54, 1.807) is 19.9 Å². The SMILES string of the molecule is CCOP(=O)(CC(C#N)C=O)OCC. The second-order valence-corrected chi connectivity index (χ2v) is 4.60. The van der Waals surface area contributed by atoms with Crippen molar-refractivity contribution in [3.05, 3.63) is 0 Å². The quantitative estimate of drug-likeness (QED) is 0.480. The van der Waals surface area contributed by atoms with Crippen LogP contribution in [0.5, 0.6) is 0 Å². The predicted octanol–water partition coefficient (Wildman–Crippen LogP) is 1.59. The highest BCUT2D eigenvalue weighted by atomic mass is 31.2. The van der Waals surface area contributed by atoms with Gasteiger partial charge < -0.3 is 13.8 Å². The lowest BCUT2D eigenvalue weighted by Gasteiger charge is -2.16. The molecule has 0 aliphatic rings. The molecule has 1 unspecified atom stereocenters. The zero-order chi connectivity index (χ0) is 11.0. The molecule has 0 bridgehead atoms. The highest BCUT2D eigenvalue weighted by molar-refractivity contribution is 7.53. The van der Waals surface area contributed by atoms with Gasteiger partial charge in [-0.3, -0.25) is 4.57 Å². The number of nitrogens with zero attached hydrogens (tertiary/aromatic N) is 1. The second kappa shape index (κ2) is 6.72. The van der Waals surface area contributed by atoms with Crippen LogP contribution in [0.15, 0.2) is 0 Å². The average Bonchev–Trinajstić information content (AvgIpc) is 2.15. The fraction of sp³-hybridized carbons (Fsp3) is 0.750. The molecule has 1 atom stereocenters. The van der Waals surface area contributed by atoms with E-state index in [1.807, 2.05) is 0 Å². The van der Waals surface area contributed by atoms with Crippen LogP contribution in [0, 0.1) is 17.2 Å². The van der Waals surface area contributed by atoms with Crippen molar-refractivity contribution in [2.45, 2.75) is 13.8 Å². The van der Waals surface area contributed by atoms with Crippen LogP contribution in [-0.4, -0.2) is 25.7 Å². The normalized spacial score (nSPS) is 13.2. The molecule has 0 aliphatic heterocycles. The van der Waals surface area contributed by atoms with Gasteiger partial charge in [-0.05, 0) is 13.8 Å². The van der Waals surface area contributed by atoms with Crippen LogP contribution in [0.2, 0.25) is 0 Å². The molecule has 0 fully saturated rings. The molecule has 0 amide bonds. The summed E-state index contributed by atoms with van der Waals surface area (Å²) in [5.74, 6) is -0.932. The third-order valence-corrected chi connectivity index (χ3v) is 3.55. The first-order chi connectivity index (χ1) is 6.61. The molecule has 0 aromatic heterocycles. The molecule has 0 aromatic rings. The van der Waals surface area contributed by atoms with E-state index in [9.17, 15) is 9.36 Å². The second-order valence-electron chi connectivity index (χ2n) is 2.50. The number of hydrogen-bond acceptors (Lipinski definition) is 5. The average molecular weight is 219 g/mol. The molecule has 0 saturated carbocycles. The first kappa shape index (κ1) is 13.3. The maximum absolute atomic E-state index is 11.8. The number of carbonyl (C=O) groups is 1. The van der Waals surface area contributed by atoms with E-state index in [-0.39, 0.29) is 19.4 Å². The minimum Gasteiger partial charge on any atom is -0.309 e. The molecule has 6 heteroatoms. The molecular formula is C8H14NO4P. The fourth-order valence-corrected chi connectivity index (χ4v) is 2.61. The van der Waals surface area contributed by atoms with E-state index in [0.29, 0.717) is 6.29 Å². The van der Waals surface area contributed by atoms with Crippen LogP contribution in [0.25, 0.3) is 0 Å². The van der Waals surface area contributed by atoms with Crippen LogP contribution in [-0.2, 0) is 18.4 Å². The minimum atomic E-state index is -3.26. The number of nitriles is 1. The van der Waals surface area contributed by atoms with Gasteiger partial charge >= 0.3 is 7.60 Å². The monoisotopic (exact) mass is 219 g/mol. The van der Waals surface area contributed by atoms with E-state index in [4.69, 9.17) is 14.3 Å². The standard InChI is InChI=1S/C8H14NO4P/c1-3-12-14(11,13-4-2)7-8(5-9)6-10/h6,8H,3-4,7H2,1-2H3. The van der Waals surface area contributed by atoms with Crippen LogP contribution in [0.1, 0.15) is 13.8 Å². The van der Waals surface area contributed by atoms with E-state index >= 15 is 0 Å². The molecule has 0 heterocycles. The smallest absolute Gasteiger partial charge is 0.309 e. The highest BCUT2D eigenvalue weighted by Gasteiger charge is 2.28. The van der Waals surface area contributed by atoms with Crippen molar-refractivity contribution < 1.29 is 18.4 Å². The van der Waals surface area contributed by atoms with Crippen molar-refractivity contribution >= 4 is 13.9 Å². The van der Waals surface area contributed by atoms with Crippen molar-refractivity contribution in [1.82, 2.24) is 0 Å². The Morgan fingerprint density at radius 2 is 1.93 bits per heavy atom. The van der Waals surface area contributed by atoms with Crippen molar-refractivity contribution in [3.63, 3.8) is 0 Å². The van der Waals surface area contributed by atoms with Crippen LogP contribution >= 0.6 is 7.60 Å². The molecule has 0 aromatic carbocycles. The van der Waals surface area contributed by atoms with Gasteiger partial charge in [0.1, 0.15) is 12.2 Å². The maximum Gasteiger partial charge on any atom is 0.332 e. The number of rotatable bonds is 7. The topological polar surface area (TPSA) is 76.4 Å². The van der Waals surface area contributed by atoms with E-state index in [2.05, 4.69) is 0 Å². The lowest BCUT2D eigenvalue weighted by molar-refractivity contribution is -0.109. The zero-order valence-electron chi connectivity index (χ0n) is 8.30. The lowest BCUT2D eigenvalue weighted by atomic mass is 10.2. The van der Waals surface area contributed by atoms with Crippen LogP contribution in [0.4, 0.5) is 0 Å². The van der Waals surface area contributed by atoms with Crippen molar-refractivity contribution in [3.8, 4) is 6.07 Å². The van der Waals surface area contributed by atoms with Gasteiger partial charge in [0.2, 0.25) is 0 Å². The predicted molar refractivity (Wildman–Crippen MR) is 50.9 cm³/mol. The summed E-state index contributed by atoms with van der Waals surface area (Å²) in [4.78, 5) is 10.4. The molecule has 0 radical (unpaired) electrons. The Kier molecular flexibility index (Phi) is 6.39. The zero-order valence-corrected chi connectivity index (χ0v) is 9.20. The minimum absolute atomic E-state index is 0.172. The third kappa shape index (κ3) is 4.52. The summed E-state index contributed by atoms with van der Waals surface area (Å²) in [6.45, 7) is 3.81. The Balaban J connectivity index is 4.43. The summed E-state index contributed by atoms with van der Waals surface area (Å²) in [5.41, 5.74) is 0. The largest absolute Gasteiger partial charge is 0.332 e. The van der Waals surface area contributed by atoms with Crippen LogP contribution in [0.3, 0.4) is 0 Å². The number of hydrogen-bond donors (Lipinski definition) is 0. The van der Waals surface area contributed by atoms with Gasteiger partial charge in [-0.25, -0.2) is 0 Å². The molecule has 0 saturated heterocycles. The fourth-order valence-electron chi connectivity index (χ4n) is 0.891. The highest BCUT2D eigenvalue weighted by Crippen LogP contribution is 2.49. The van der Waals surface area contributed by atoms with Gasteiger partial charge in [0, 0.05) is 0 Å². The Morgan fingerprint density at radius 3 is 2.21 bits per heavy atom. The molecule has 0 spiro atoms. The molecule has 14 heavy (non-hydrogen) atoms. The lowest BCUT2D eigenvalue weighted by Crippen LogP contribution is -2.09. The third-order valence-electron chi connectivity index (χ3n) is 1.40. The van der Waals surface area contributed by atoms with Gasteiger partial charge in [-0.15, -0.1) is 0 Å². The summed E-state index contributed by atoms with van der Waals surface area (Å²) in [7, 11) is -3.26. The molecular weight excluding hydrogens is 205 g/mol. The van der Waals surface area contributed by atoms with Gasteiger partial charge in [0.15, 0.2) is 0 Å². The van der Waals surface area contributed by atoms with E-state index in [0.717, 1.165) is 0 Å². The number of carbonyl (C=O) groups excluding carboxylic acids is 1. The van der Waals surface area contributed by atoms with Gasteiger partial charge in [0.25, 0.3) is 0 Å². The first-order valence-corrected chi connectivity index (χ1v) is 6.07. The Bertz CT molecular complexity index is 251. The van der Waals surface area contributed by atoms with Gasteiger partial charge in [-0.2, -0.15) is 5.26 Å². The molecule has 0 aliphatic carbocycles. The van der Waals surface area contributed by atoms with E-state index < -0.39 is 13.5 Å². The molecule has 0 rings (SSSR count). The van der Waals surface area contributed by atoms with E-state index in [1.165, 1.54) is 0 Å². The molecule has 5 nitrogen and oxygen atoms in total. The molecule has 0 N–H and O–H groups in total. The van der Waals surface area contributed by atoms with Crippen molar-refractivity contribution in [2.24, 2.45) is 5.92 Å². The number of aldehydes is 1. The summed E-state index contributed by atoms with van der Waals surface area (Å²) < 4.78 is 21.6. The first-order valence-electron chi connectivity index (χ1n) is 4.35. The molecule has 80 valence electrons. The summed E-state index contributed by atoms with van der Waals surface area (Å²) in [5, 5.41) is 8.51. The van der Waals surface area contributed by atoms with Gasteiger partial charge in [-0.1, -0.05) is 0 Å². The van der Waals surface area contributed by atoms with Gasteiger partial charge in [0.05, 0.1) is 25.4 Å².